The van der Waals surface area contributed by atoms with Crippen molar-refractivity contribution >= 4 is 23.3 Å². The van der Waals surface area contributed by atoms with E-state index in [-0.39, 0.29) is 17.8 Å². The molecule has 1 atom stereocenters. The van der Waals surface area contributed by atoms with E-state index < -0.39 is 11.6 Å². The lowest BCUT2D eigenvalue weighted by atomic mass is 9.89. The van der Waals surface area contributed by atoms with Crippen molar-refractivity contribution in [3.05, 3.63) is 53.3 Å². The van der Waals surface area contributed by atoms with E-state index in [1.54, 1.807) is 18.2 Å². The zero-order valence-electron chi connectivity index (χ0n) is 15.8. The van der Waals surface area contributed by atoms with Crippen LogP contribution < -0.4 is 20.7 Å². The molecule has 0 bridgehead atoms. The Morgan fingerprint density at radius 2 is 2.04 bits per heavy atom. The highest BCUT2D eigenvalue weighted by molar-refractivity contribution is 5.96. The maximum absolute atomic E-state index is 13.7. The first-order valence-electron chi connectivity index (χ1n) is 9.28. The number of benzene rings is 2. The van der Waals surface area contributed by atoms with Gasteiger partial charge in [0.1, 0.15) is 17.2 Å². The number of carbonyl (C=O) groups excluding carboxylic acids is 2. The summed E-state index contributed by atoms with van der Waals surface area (Å²) in [6.07, 6.45) is 1.67. The Labute approximate surface area is 162 Å². The summed E-state index contributed by atoms with van der Waals surface area (Å²) < 4.78 is 19.6. The molecule has 146 valence electrons. The lowest BCUT2D eigenvalue weighted by molar-refractivity contribution is -0.116. The van der Waals surface area contributed by atoms with Gasteiger partial charge in [0.15, 0.2) is 0 Å². The minimum Gasteiger partial charge on any atom is -0.487 e. The highest BCUT2D eigenvalue weighted by Gasteiger charge is 2.34. The summed E-state index contributed by atoms with van der Waals surface area (Å²) in [5, 5.41) is 8.52. The van der Waals surface area contributed by atoms with E-state index in [1.807, 2.05) is 19.9 Å². The molecule has 4 rings (SSSR count). The smallest absolute Gasteiger partial charge is 0.319 e. The summed E-state index contributed by atoms with van der Waals surface area (Å²) in [4.78, 5) is 24.1. The largest absolute Gasteiger partial charge is 0.487 e. The topological polar surface area (TPSA) is 79.5 Å². The third-order valence-corrected chi connectivity index (χ3v) is 5.00. The minimum absolute atomic E-state index is 0.0304. The number of amides is 3. The van der Waals surface area contributed by atoms with E-state index in [2.05, 4.69) is 16.0 Å². The zero-order valence-corrected chi connectivity index (χ0v) is 15.8. The first-order chi connectivity index (χ1) is 13.3. The fourth-order valence-corrected chi connectivity index (χ4v) is 3.73. The summed E-state index contributed by atoms with van der Waals surface area (Å²) in [5.41, 5.74) is 2.46. The van der Waals surface area contributed by atoms with E-state index in [1.165, 1.54) is 12.1 Å². The van der Waals surface area contributed by atoms with Gasteiger partial charge in [0.2, 0.25) is 5.91 Å². The van der Waals surface area contributed by atoms with E-state index in [0.29, 0.717) is 42.0 Å². The normalized spacial score (nSPS) is 19.5. The van der Waals surface area contributed by atoms with E-state index >= 15 is 0 Å². The second-order valence-electron chi connectivity index (χ2n) is 7.82. The molecular weight excluding hydrogens is 361 g/mol. The molecule has 28 heavy (non-hydrogen) atoms. The number of aryl methyl sites for hydroxylation is 1. The molecule has 2 aliphatic heterocycles. The number of fused-ring (bicyclic) bond motifs is 2. The Morgan fingerprint density at radius 3 is 2.86 bits per heavy atom. The fraction of sp³-hybridized carbons (Fsp3) is 0.333. The highest BCUT2D eigenvalue weighted by atomic mass is 19.1. The Morgan fingerprint density at radius 1 is 1.21 bits per heavy atom. The SMILES string of the molecule is CC1(C)C[C@@H](NC(=O)Nc2ccc3c(c2)NC(=O)CC3)c2cc(F)ccc2O1. The van der Waals surface area contributed by atoms with Crippen molar-refractivity contribution in [2.45, 2.75) is 44.8 Å². The van der Waals surface area contributed by atoms with Gasteiger partial charge in [0.05, 0.1) is 6.04 Å². The van der Waals surface area contributed by atoms with Gasteiger partial charge in [-0.1, -0.05) is 6.07 Å². The average Bonchev–Trinajstić information content (AvgIpc) is 2.61. The molecule has 3 N–H and O–H groups in total. The minimum atomic E-state index is -0.487. The zero-order chi connectivity index (χ0) is 19.9. The van der Waals surface area contributed by atoms with Gasteiger partial charge < -0.3 is 20.7 Å². The number of ether oxygens (including phenoxy) is 1. The molecular formula is C21H22FN3O3. The predicted octanol–water partition coefficient (Wildman–Crippen LogP) is 4.13. The maximum Gasteiger partial charge on any atom is 0.319 e. The molecule has 0 aliphatic carbocycles. The lowest BCUT2D eigenvalue weighted by Gasteiger charge is -2.37. The third kappa shape index (κ3) is 3.78. The van der Waals surface area contributed by atoms with E-state index in [0.717, 1.165) is 5.56 Å². The second-order valence-corrected chi connectivity index (χ2v) is 7.82. The van der Waals surface area contributed by atoms with Crippen LogP contribution >= 0.6 is 0 Å². The van der Waals surface area contributed by atoms with Crippen LogP contribution in [0.1, 0.15) is 43.9 Å². The van der Waals surface area contributed by atoms with Gasteiger partial charge in [-0.2, -0.15) is 0 Å². The average molecular weight is 383 g/mol. The molecule has 0 spiro atoms. The molecule has 3 amide bonds. The van der Waals surface area contributed by atoms with Gasteiger partial charge in [0.25, 0.3) is 0 Å². The Balaban J connectivity index is 1.50. The Kier molecular flexibility index (Phi) is 4.45. The standard InChI is InChI=1S/C21H22FN3O3/c1-21(2)11-17(15-9-13(22)5-7-18(15)28-21)25-20(27)23-14-6-3-12-4-8-19(26)24-16(12)10-14/h3,5-7,9-10,17H,4,8,11H2,1-2H3,(H,24,26)(H2,23,25,27)/t17-/m1/s1. The van der Waals surface area contributed by atoms with Gasteiger partial charge in [0, 0.05) is 29.8 Å². The number of halogens is 1. The number of anilines is 2. The first-order valence-corrected chi connectivity index (χ1v) is 9.28. The van der Waals surface area contributed by atoms with Crippen LogP contribution in [0.4, 0.5) is 20.6 Å². The van der Waals surface area contributed by atoms with Gasteiger partial charge in [-0.05, 0) is 56.2 Å². The van der Waals surface area contributed by atoms with Crippen molar-refractivity contribution in [1.82, 2.24) is 5.32 Å². The van der Waals surface area contributed by atoms with Gasteiger partial charge in [-0.25, -0.2) is 9.18 Å². The number of hydrogen-bond acceptors (Lipinski definition) is 3. The Hall–Kier alpha value is -3.09. The molecule has 0 radical (unpaired) electrons. The molecule has 2 heterocycles. The van der Waals surface area contributed by atoms with Crippen molar-refractivity contribution < 1.29 is 18.7 Å². The maximum atomic E-state index is 13.7. The van der Waals surface area contributed by atoms with Crippen LogP contribution in [0.25, 0.3) is 0 Å². The molecule has 0 aromatic heterocycles. The van der Waals surface area contributed by atoms with Crippen LogP contribution in [0, 0.1) is 5.82 Å². The quantitative estimate of drug-likeness (QED) is 0.729. The van der Waals surface area contributed by atoms with Crippen molar-refractivity contribution in [1.29, 1.82) is 0 Å². The molecule has 2 aliphatic rings. The van der Waals surface area contributed by atoms with E-state index in [9.17, 15) is 14.0 Å². The van der Waals surface area contributed by atoms with Gasteiger partial charge in [-0.15, -0.1) is 0 Å². The monoisotopic (exact) mass is 383 g/mol. The molecule has 7 heteroatoms. The summed E-state index contributed by atoms with van der Waals surface area (Å²) in [6, 6.07) is 8.98. The van der Waals surface area contributed by atoms with Crippen molar-refractivity contribution in [2.75, 3.05) is 10.6 Å². The summed E-state index contributed by atoms with van der Waals surface area (Å²) in [5.74, 6) is 0.163. The second kappa shape index (κ2) is 6.82. The number of urea groups is 1. The lowest BCUT2D eigenvalue weighted by Crippen LogP contribution is -2.42. The van der Waals surface area contributed by atoms with Gasteiger partial charge >= 0.3 is 6.03 Å². The fourth-order valence-electron chi connectivity index (χ4n) is 3.73. The van der Waals surface area contributed by atoms with Crippen molar-refractivity contribution in [3.8, 4) is 5.75 Å². The summed E-state index contributed by atoms with van der Waals surface area (Å²) in [6.45, 7) is 3.86. The first kappa shape index (κ1) is 18.3. The molecule has 6 nitrogen and oxygen atoms in total. The number of carbonyl (C=O) groups is 2. The summed E-state index contributed by atoms with van der Waals surface area (Å²) >= 11 is 0. The van der Waals surface area contributed by atoms with Crippen LogP contribution in [0.5, 0.6) is 5.75 Å². The van der Waals surface area contributed by atoms with Crippen LogP contribution in [0.2, 0.25) is 0 Å². The molecule has 0 saturated carbocycles. The predicted molar refractivity (Wildman–Crippen MR) is 104 cm³/mol. The highest BCUT2D eigenvalue weighted by Crippen LogP contribution is 2.39. The van der Waals surface area contributed by atoms with Gasteiger partial charge in [-0.3, -0.25) is 4.79 Å². The molecule has 0 saturated heterocycles. The molecule has 2 aromatic rings. The third-order valence-electron chi connectivity index (χ3n) is 5.00. The molecule has 2 aromatic carbocycles. The number of hydrogen-bond donors (Lipinski definition) is 3. The number of nitrogens with one attached hydrogen (secondary N) is 3. The van der Waals surface area contributed by atoms with Crippen molar-refractivity contribution in [2.24, 2.45) is 0 Å². The van der Waals surface area contributed by atoms with E-state index in [4.69, 9.17) is 4.74 Å². The Bertz CT molecular complexity index is 958. The van der Waals surface area contributed by atoms with Crippen LogP contribution in [-0.4, -0.2) is 17.5 Å². The van der Waals surface area contributed by atoms with Crippen LogP contribution in [0.3, 0.4) is 0 Å². The van der Waals surface area contributed by atoms with Crippen LogP contribution in [-0.2, 0) is 11.2 Å². The summed E-state index contributed by atoms with van der Waals surface area (Å²) in [7, 11) is 0. The molecule has 0 unspecified atom stereocenters. The number of rotatable bonds is 2. The van der Waals surface area contributed by atoms with Crippen molar-refractivity contribution in [3.63, 3.8) is 0 Å². The van der Waals surface area contributed by atoms with Crippen LogP contribution in [0.15, 0.2) is 36.4 Å². The molecule has 0 fully saturated rings.